The molecule has 0 unspecified atom stereocenters. The van der Waals surface area contributed by atoms with Gasteiger partial charge in [0.15, 0.2) is 11.3 Å². The lowest BCUT2D eigenvalue weighted by molar-refractivity contribution is -0.125. The van der Waals surface area contributed by atoms with Gasteiger partial charge < -0.3 is 9.64 Å². The smallest absolute Gasteiger partial charge is 0.409 e. The predicted molar refractivity (Wildman–Crippen MR) is 120 cm³/mol. The number of amides is 2. The van der Waals surface area contributed by atoms with Crippen LogP contribution in [0.25, 0.3) is 0 Å². The molecule has 0 fully saturated rings. The third-order valence-electron chi connectivity index (χ3n) is 4.97. The molecule has 162 valence electrons. The molecule has 1 aliphatic rings. The van der Waals surface area contributed by atoms with Crippen molar-refractivity contribution in [1.29, 1.82) is 0 Å². The van der Waals surface area contributed by atoms with Crippen LogP contribution in [0.1, 0.15) is 38.8 Å². The van der Waals surface area contributed by atoms with Crippen LogP contribution >= 0.6 is 11.6 Å². The lowest BCUT2D eigenvalue weighted by Crippen LogP contribution is -2.56. The van der Waals surface area contributed by atoms with Gasteiger partial charge in [0.2, 0.25) is 0 Å². The van der Waals surface area contributed by atoms with Crippen LogP contribution in [-0.4, -0.2) is 23.4 Å². The Morgan fingerprint density at radius 3 is 2.39 bits per heavy atom. The van der Waals surface area contributed by atoms with E-state index in [0.29, 0.717) is 16.3 Å². The Bertz CT molecular complexity index is 1060. The molecule has 0 bridgehead atoms. The van der Waals surface area contributed by atoms with Crippen molar-refractivity contribution in [2.75, 3.05) is 4.90 Å². The summed E-state index contributed by atoms with van der Waals surface area (Å²) in [6, 6.07) is 14.3. The van der Waals surface area contributed by atoms with E-state index in [2.05, 4.69) is 11.9 Å². The molecule has 0 aliphatic carbocycles. The van der Waals surface area contributed by atoms with E-state index in [1.165, 1.54) is 11.8 Å². The summed E-state index contributed by atoms with van der Waals surface area (Å²) >= 11 is 6.23. The summed E-state index contributed by atoms with van der Waals surface area (Å²) in [5.74, 6) is -0.924. The second-order valence-electron chi connectivity index (χ2n) is 8.45. The molecular formula is C24H25ClN2O4. The van der Waals surface area contributed by atoms with Gasteiger partial charge in [-0.15, -0.1) is 0 Å². The number of hydrogen-bond acceptors (Lipinski definition) is 4. The molecule has 2 aromatic rings. The van der Waals surface area contributed by atoms with Gasteiger partial charge in [-0.25, -0.2) is 4.79 Å². The van der Waals surface area contributed by atoms with Gasteiger partial charge in [-0.1, -0.05) is 54.6 Å². The summed E-state index contributed by atoms with van der Waals surface area (Å²) in [7, 11) is 0. The normalized spacial score (nSPS) is 17.8. The Hall–Kier alpha value is -3.12. The number of benzene rings is 2. The summed E-state index contributed by atoms with van der Waals surface area (Å²) in [6.45, 7) is 10.6. The number of Topliss-reactive ketones (excluding diaryl/α,β-unsaturated/α-hetero) is 1. The number of ether oxygens (including phenoxy) is 1. The van der Waals surface area contributed by atoms with Crippen LogP contribution in [0.2, 0.25) is 5.02 Å². The Morgan fingerprint density at radius 2 is 1.81 bits per heavy atom. The average Bonchev–Trinajstić information content (AvgIpc) is 2.89. The molecule has 0 aromatic heterocycles. The quantitative estimate of drug-likeness (QED) is 0.680. The highest BCUT2D eigenvalue weighted by molar-refractivity contribution is 6.31. The number of nitrogens with one attached hydrogen (secondary N) is 1. The maximum absolute atomic E-state index is 13.8. The first-order valence-electron chi connectivity index (χ1n) is 9.83. The van der Waals surface area contributed by atoms with Gasteiger partial charge in [-0.3, -0.25) is 14.9 Å². The van der Waals surface area contributed by atoms with E-state index in [-0.39, 0.29) is 12.1 Å². The molecule has 3 rings (SSSR count). The minimum Gasteiger partial charge on any atom is -0.444 e. The van der Waals surface area contributed by atoms with Gasteiger partial charge >= 0.3 is 6.09 Å². The summed E-state index contributed by atoms with van der Waals surface area (Å²) in [5.41, 5.74) is -0.839. The minimum atomic E-state index is -1.79. The summed E-state index contributed by atoms with van der Waals surface area (Å²) in [4.78, 5) is 40.5. The number of alkyl carbamates (subject to hydrolysis) is 1. The number of ketones is 1. The standard InChI is InChI=1S/C24H25ClN2O4/c1-15(16(2)28)24(26-22(30)31-23(3,4)5)19-12-11-18(25)13-20(19)27(21(24)29)14-17-9-7-6-8-10-17/h6-13H,1,14H2,2-5H3,(H,26,30)/t24-/m0/s1. The summed E-state index contributed by atoms with van der Waals surface area (Å²) in [6.07, 6.45) is -0.828. The Kier molecular flexibility index (Phi) is 5.96. The van der Waals surface area contributed by atoms with E-state index in [0.717, 1.165) is 5.56 Å². The molecule has 1 N–H and O–H groups in total. The van der Waals surface area contributed by atoms with Crippen molar-refractivity contribution in [3.63, 3.8) is 0 Å². The first-order chi connectivity index (χ1) is 14.5. The van der Waals surface area contributed by atoms with Gasteiger partial charge in [-0.05, 0) is 45.4 Å². The van der Waals surface area contributed by atoms with Crippen molar-refractivity contribution in [3.05, 3.63) is 76.8 Å². The maximum atomic E-state index is 13.8. The minimum absolute atomic E-state index is 0.0532. The highest BCUT2D eigenvalue weighted by Crippen LogP contribution is 2.46. The van der Waals surface area contributed by atoms with Crippen molar-refractivity contribution in [1.82, 2.24) is 5.32 Å². The molecule has 0 saturated carbocycles. The molecule has 0 spiro atoms. The van der Waals surface area contributed by atoms with Crippen LogP contribution in [0.4, 0.5) is 10.5 Å². The maximum Gasteiger partial charge on any atom is 0.409 e. The molecule has 6 nitrogen and oxygen atoms in total. The molecule has 7 heteroatoms. The van der Waals surface area contributed by atoms with Gasteiger partial charge in [0.25, 0.3) is 5.91 Å². The summed E-state index contributed by atoms with van der Waals surface area (Å²) in [5, 5.41) is 3.08. The molecule has 0 radical (unpaired) electrons. The lowest BCUT2D eigenvalue weighted by Gasteiger charge is -2.32. The van der Waals surface area contributed by atoms with Crippen LogP contribution in [0, 0.1) is 0 Å². The second-order valence-corrected chi connectivity index (χ2v) is 8.89. The Balaban J connectivity index is 2.16. The fourth-order valence-electron chi connectivity index (χ4n) is 3.60. The first kappa shape index (κ1) is 22.6. The Morgan fingerprint density at radius 1 is 1.16 bits per heavy atom. The highest BCUT2D eigenvalue weighted by atomic mass is 35.5. The van der Waals surface area contributed by atoms with Gasteiger partial charge in [-0.2, -0.15) is 0 Å². The van der Waals surface area contributed by atoms with E-state index >= 15 is 0 Å². The van der Waals surface area contributed by atoms with E-state index in [1.54, 1.807) is 39.0 Å². The van der Waals surface area contributed by atoms with Crippen molar-refractivity contribution in [2.24, 2.45) is 0 Å². The fourth-order valence-corrected chi connectivity index (χ4v) is 3.77. The number of nitrogens with zero attached hydrogens (tertiary/aromatic N) is 1. The Labute approximate surface area is 186 Å². The van der Waals surface area contributed by atoms with Crippen LogP contribution in [0.15, 0.2) is 60.7 Å². The third-order valence-corrected chi connectivity index (χ3v) is 5.21. The monoisotopic (exact) mass is 440 g/mol. The largest absolute Gasteiger partial charge is 0.444 e. The third kappa shape index (κ3) is 4.35. The van der Waals surface area contributed by atoms with Crippen molar-refractivity contribution in [3.8, 4) is 0 Å². The second kappa shape index (κ2) is 8.19. The molecule has 2 amide bonds. The molecule has 2 aromatic carbocycles. The number of anilines is 1. The number of hydrogen-bond donors (Lipinski definition) is 1. The van der Waals surface area contributed by atoms with Gasteiger partial charge in [0.1, 0.15) is 5.60 Å². The van der Waals surface area contributed by atoms with E-state index in [4.69, 9.17) is 16.3 Å². The number of halogens is 1. The van der Waals surface area contributed by atoms with Crippen molar-refractivity contribution < 1.29 is 19.1 Å². The number of carbonyl (C=O) groups excluding carboxylic acids is 3. The van der Waals surface area contributed by atoms with Crippen LogP contribution in [-0.2, 0) is 26.4 Å². The zero-order chi connectivity index (χ0) is 23.0. The van der Waals surface area contributed by atoms with E-state index in [1.807, 2.05) is 30.3 Å². The van der Waals surface area contributed by atoms with E-state index < -0.39 is 28.9 Å². The van der Waals surface area contributed by atoms with Crippen LogP contribution < -0.4 is 10.2 Å². The fraction of sp³-hybridized carbons (Fsp3) is 0.292. The van der Waals surface area contributed by atoms with Crippen LogP contribution in [0.5, 0.6) is 0 Å². The number of fused-ring (bicyclic) bond motifs is 1. The highest BCUT2D eigenvalue weighted by Gasteiger charge is 2.55. The molecular weight excluding hydrogens is 416 g/mol. The van der Waals surface area contributed by atoms with Crippen LogP contribution in [0.3, 0.4) is 0 Å². The van der Waals surface area contributed by atoms with Gasteiger partial charge in [0, 0.05) is 16.2 Å². The molecule has 1 atom stereocenters. The SMILES string of the molecule is C=C(C(C)=O)[C@@]1(NC(=O)OC(C)(C)C)C(=O)N(Cc2ccccc2)c2cc(Cl)ccc21. The first-order valence-corrected chi connectivity index (χ1v) is 10.2. The topological polar surface area (TPSA) is 75.7 Å². The number of rotatable bonds is 5. The summed E-state index contributed by atoms with van der Waals surface area (Å²) < 4.78 is 5.40. The molecule has 0 saturated heterocycles. The van der Waals surface area contributed by atoms with Crippen molar-refractivity contribution >= 4 is 35.1 Å². The average molecular weight is 441 g/mol. The van der Waals surface area contributed by atoms with E-state index in [9.17, 15) is 14.4 Å². The predicted octanol–water partition coefficient (Wildman–Crippen LogP) is 4.75. The van der Waals surface area contributed by atoms with Gasteiger partial charge in [0.05, 0.1) is 12.2 Å². The zero-order valence-corrected chi connectivity index (χ0v) is 18.7. The zero-order valence-electron chi connectivity index (χ0n) is 18.0. The number of carbonyl (C=O) groups is 3. The molecule has 1 heterocycles. The molecule has 1 aliphatic heterocycles. The molecule has 31 heavy (non-hydrogen) atoms. The lowest BCUT2D eigenvalue weighted by atomic mass is 9.82. The van der Waals surface area contributed by atoms with Crippen molar-refractivity contribution in [2.45, 2.75) is 45.4 Å².